The van der Waals surface area contributed by atoms with Crippen LogP contribution in [0.3, 0.4) is 0 Å². The van der Waals surface area contributed by atoms with Gasteiger partial charge >= 0.3 is 0 Å². The van der Waals surface area contributed by atoms with E-state index in [0.29, 0.717) is 17.8 Å². The van der Waals surface area contributed by atoms with Crippen molar-refractivity contribution in [1.82, 2.24) is 15.0 Å². The number of hydrogen-bond acceptors (Lipinski definition) is 7. The number of anilines is 3. The standard InChI is InChI=1S/C8H17N7/c1-5(2)10-6-11-7(14-9)13-8(12-6)15(3)4/h5H,9H2,1-4H3,(H2,10,11,12,13,14). The van der Waals surface area contributed by atoms with Gasteiger partial charge in [0.2, 0.25) is 17.8 Å². The number of nitrogens with one attached hydrogen (secondary N) is 2. The maximum atomic E-state index is 5.27. The van der Waals surface area contributed by atoms with Crippen LogP contribution in [-0.2, 0) is 0 Å². The zero-order chi connectivity index (χ0) is 11.4. The molecule has 7 nitrogen and oxygen atoms in total. The van der Waals surface area contributed by atoms with Gasteiger partial charge in [0.1, 0.15) is 0 Å². The summed E-state index contributed by atoms with van der Waals surface area (Å²) in [5.41, 5.74) is 2.41. The van der Waals surface area contributed by atoms with Crippen LogP contribution in [0.25, 0.3) is 0 Å². The summed E-state index contributed by atoms with van der Waals surface area (Å²) in [7, 11) is 3.71. The second-order valence-electron chi connectivity index (χ2n) is 3.62. The molecular formula is C8H17N7. The summed E-state index contributed by atoms with van der Waals surface area (Å²) in [6, 6.07) is 0.257. The first-order valence-electron chi connectivity index (χ1n) is 4.69. The summed E-state index contributed by atoms with van der Waals surface area (Å²) in [5.74, 6) is 6.68. The minimum absolute atomic E-state index is 0.257. The average molecular weight is 211 g/mol. The summed E-state index contributed by atoms with van der Waals surface area (Å²) in [5, 5.41) is 3.09. The Kier molecular flexibility index (Phi) is 3.62. The second-order valence-corrected chi connectivity index (χ2v) is 3.62. The largest absolute Gasteiger partial charge is 0.352 e. The van der Waals surface area contributed by atoms with Crippen molar-refractivity contribution in [1.29, 1.82) is 0 Å². The quantitative estimate of drug-likeness (QED) is 0.478. The summed E-state index contributed by atoms with van der Waals surface area (Å²) in [6.45, 7) is 4.02. The van der Waals surface area contributed by atoms with Crippen molar-refractivity contribution < 1.29 is 0 Å². The first-order chi connectivity index (χ1) is 7.02. The highest BCUT2D eigenvalue weighted by Crippen LogP contribution is 2.10. The summed E-state index contributed by atoms with van der Waals surface area (Å²) in [6.07, 6.45) is 0. The van der Waals surface area contributed by atoms with E-state index in [2.05, 4.69) is 25.7 Å². The molecule has 0 aliphatic carbocycles. The van der Waals surface area contributed by atoms with Gasteiger partial charge in [-0.25, -0.2) is 5.84 Å². The SMILES string of the molecule is CC(C)Nc1nc(NN)nc(N(C)C)n1. The lowest BCUT2D eigenvalue weighted by atomic mass is 10.4. The minimum atomic E-state index is 0.257. The molecule has 84 valence electrons. The molecule has 1 aromatic rings. The summed E-state index contributed by atoms with van der Waals surface area (Å²) in [4.78, 5) is 14.2. The Hall–Kier alpha value is -1.63. The van der Waals surface area contributed by atoms with E-state index in [1.165, 1.54) is 0 Å². The molecule has 0 unspecified atom stereocenters. The van der Waals surface area contributed by atoms with E-state index in [9.17, 15) is 0 Å². The van der Waals surface area contributed by atoms with Crippen LogP contribution in [0.1, 0.15) is 13.8 Å². The zero-order valence-electron chi connectivity index (χ0n) is 9.44. The van der Waals surface area contributed by atoms with Crippen molar-refractivity contribution in [3.63, 3.8) is 0 Å². The van der Waals surface area contributed by atoms with Gasteiger partial charge < -0.3 is 10.2 Å². The first-order valence-corrected chi connectivity index (χ1v) is 4.69. The van der Waals surface area contributed by atoms with Gasteiger partial charge in [0.15, 0.2) is 0 Å². The molecule has 0 amide bonds. The van der Waals surface area contributed by atoms with Crippen molar-refractivity contribution in [2.45, 2.75) is 19.9 Å². The van der Waals surface area contributed by atoms with Crippen LogP contribution in [0.2, 0.25) is 0 Å². The molecule has 0 aromatic carbocycles. The molecule has 0 bridgehead atoms. The van der Waals surface area contributed by atoms with Crippen molar-refractivity contribution in [3.8, 4) is 0 Å². The number of hydrogen-bond donors (Lipinski definition) is 3. The third kappa shape index (κ3) is 3.21. The molecule has 15 heavy (non-hydrogen) atoms. The van der Waals surface area contributed by atoms with Crippen molar-refractivity contribution in [2.75, 3.05) is 29.7 Å². The predicted molar refractivity (Wildman–Crippen MR) is 60.7 cm³/mol. The maximum Gasteiger partial charge on any atom is 0.243 e. The van der Waals surface area contributed by atoms with E-state index in [4.69, 9.17) is 5.84 Å². The van der Waals surface area contributed by atoms with E-state index < -0.39 is 0 Å². The molecule has 1 aromatic heterocycles. The smallest absolute Gasteiger partial charge is 0.243 e. The van der Waals surface area contributed by atoms with Crippen molar-refractivity contribution >= 4 is 17.8 Å². The fourth-order valence-electron chi connectivity index (χ4n) is 0.952. The Bertz CT molecular complexity index is 323. The van der Waals surface area contributed by atoms with E-state index in [0.717, 1.165) is 0 Å². The predicted octanol–water partition coefficient (Wildman–Crippen LogP) is 0.0435. The number of hydrazine groups is 1. The van der Waals surface area contributed by atoms with Gasteiger partial charge in [0.05, 0.1) is 0 Å². The van der Waals surface area contributed by atoms with E-state index in [1.807, 2.05) is 27.9 Å². The van der Waals surface area contributed by atoms with Crippen LogP contribution in [0.5, 0.6) is 0 Å². The maximum absolute atomic E-state index is 5.27. The average Bonchev–Trinajstić information content (AvgIpc) is 2.16. The van der Waals surface area contributed by atoms with Crippen LogP contribution >= 0.6 is 0 Å². The number of nitrogens with two attached hydrogens (primary N) is 1. The highest BCUT2D eigenvalue weighted by atomic mass is 15.4. The topological polar surface area (TPSA) is 92.0 Å². The molecule has 0 radical (unpaired) electrons. The molecule has 7 heteroatoms. The lowest BCUT2D eigenvalue weighted by Gasteiger charge is -2.14. The number of nitrogens with zero attached hydrogens (tertiary/aromatic N) is 4. The highest BCUT2D eigenvalue weighted by molar-refractivity contribution is 5.42. The Balaban J connectivity index is 3.00. The molecule has 0 saturated heterocycles. The van der Waals surface area contributed by atoms with Gasteiger partial charge in [-0.1, -0.05) is 0 Å². The highest BCUT2D eigenvalue weighted by Gasteiger charge is 2.07. The van der Waals surface area contributed by atoms with Gasteiger partial charge in [0.25, 0.3) is 0 Å². The van der Waals surface area contributed by atoms with Crippen LogP contribution in [-0.4, -0.2) is 35.1 Å². The second kappa shape index (κ2) is 4.74. The molecular weight excluding hydrogens is 194 g/mol. The third-order valence-electron chi connectivity index (χ3n) is 1.57. The molecule has 0 spiro atoms. The normalized spacial score (nSPS) is 10.3. The molecule has 0 fully saturated rings. The number of nitrogen functional groups attached to an aromatic ring is 1. The molecule has 1 rings (SSSR count). The lowest BCUT2D eigenvalue weighted by Crippen LogP contribution is -2.20. The lowest BCUT2D eigenvalue weighted by molar-refractivity contribution is 0.859. The van der Waals surface area contributed by atoms with Gasteiger partial charge in [0, 0.05) is 20.1 Å². The van der Waals surface area contributed by atoms with Gasteiger partial charge in [-0.2, -0.15) is 15.0 Å². The van der Waals surface area contributed by atoms with Crippen molar-refractivity contribution in [2.24, 2.45) is 5.84 Å². The fraction of sp³-hybridized carbons (Fsp3) is 0.625. The molecule has 4 N–H and O–H groups in total. The van der Waals surface area contributed by atoms with Crippen LogP contribution < -0.4 is 21.5 Å². The van der Waals surface area contributed by atoms with Crippen molar-refractivity contribution in [3.05, 3.63) is 0 Å². The monoisotopic (exact) mass is 211 g/mol. The third-order valence-corrected chi connectivity index (χ3v) is 1.57. The fourth-order valence-corrected chi connectivity index (χ4v) is 0.952. The Labute approximate surface area is 89.1 Å². The molecule has 0 aliphatic rings. The van der Waals surface area contributed by atoms with Crippen LogP contribution in [0, 0.1) is 0 Å². The van der Waals surface area contributed by atoms with Crippen LogP contribution in [0.4, 0.5) is 17.8 Å². The number of aromatic nitrogens is 3. The molecule has 1 heterocycles. The van der Waals surface area contributed by atoms with Gasteiger partial charge in [-0.15, -0.1) is 0 Å². The number of rotatable bonds is 4. The summed E-state index contributed by atoms with van der Waals surface area (Å²) < 4.78 is 0. The Morgan fingerprint density at radius 3 is 2.20 bits per heavy atom. The van der Waals surface area contributed by atoms with Gasteiger partial charge in [-0.05, 0) is 13.8 Å². The first kappa shape index (κ1) is 11.4. The zero-order valence-corrected chi connectivity index (χ0v) is 9.44. The van der Waals surface area contributed by atoms with E-state index in [-0.39, 0.29) is 6.04 Å². The molecule has 0 saturated carbocycles. The van der Waals surface area contributed by atoms with Crippen LogP contribution in [0.15, 0.2) is 0 Å². The Morgan fingerprint density at radius 1 is 1.13 bits per heavy atom. The Morgan fingerprint density at radius 2 is 1.73 bits per heavy atom. The minimum Gasteiger partial charge on any atom is -0.352 e. The summed E-state index contributed by atoms with van der Waals surface area (Å²) >= 11 is 0. The van der Waals surface area contributed by atoms with E-state index >= 15 is 0 Å². The molecule has 0 atom stereocenters. The van der Waals surface area contributed by atoms with Gasteiger partial charge in [-0.3, -0.25) is 5.43 Å². The van der Waals surface area contributed by atoms with E-state index in [1.54, 1.807) is 4.90 Å². The molecule has 0 aliphatic heterocycles.